The van der Waals surface area contributed by atoms with Crippen LogP contribution in [-0.2, 0) is 0 Å². The summed E-state index contributed by atoms with van der Waals surface area (Å²) in [5, 5.41) is 19.5. The van der Waals surface area contributed by atoms with Gasteiger partial charge in [0.1, 0.15) is 11.4 Å². The lowest BCUT2D eigenvalue weighted by Crippen LogP contribution is -2.35. The van der Waals surface area contributed by atoms with Gasteiger partial charge in [0.15, 0.2) is 0 Å². The predicted octanol–water partition coefficient (Wildman–Crippen LogP) is 2.22. The third kappa shape index (κ3) is 4.32. The average Bonchev–Trinajstić information content (AvgIpc) is 3.08. The van der Waals surface area contributed by atoms with Gasteiger partial charge in [-0.15, -0.1) is 0 Å². The summed E-state index contributed by atoms with van der Waals surface area (Å²) in [6.45, 7) is 4.19. The smallest absolute Gasteiger partial charge is 0.269 e. The Morgan fingerprint density at radius 3 is 2.70 bits per heavy atom. The van der Waals surface area contributed by atoms with E-state index in [0.717, 1.165) is 17.7 Å². The van der Waals surface area contributed by atoms with Crippen molar-refractivity contribution in [2.75, 3.05) is 13.7 Å². The van der Waals surface area contributed by atoms with Gasteiger partial charge in [0.25, 0.3) is 5.91 Å². The van der Waals surface area contributed by atoms with Gasteiger partial charge >= 0.3 is 0 Å². The number of amides is 1. The first-order valence-electron chi connectivity index (χ1n) is 7.71. The number of aromatic amines is 1. The Bertz CT molecular complexity index is 637. The highest BCUT2D eigenvalue weighted by Crippen LogP contribution is 2.21. The zero-order valence-corrected chi connectivity index (χ0v) is 13.7. The molecule has 1 aromatic carbocycles. The van der Waals surface area contributed by atoms with Gasteiger partial charge in [-0.1, -0.05) is 20.3 Å². The summed E-state index contributed by atoms with van der Waals surface area (Å²) in [6.07, 6.45) is 0.316. The van der Waals surface area contributed by atoms with E-state index in [9.17, 15) is 9.90 Å². The van der Waals surface area contributed by atoms with E-state index >= 15 is 0 Å². The lowest BCUT2D eigenvalue weighted by atomic mass is 10.0. The maximum Gasteiger partial charge on any atom is 0.269 e. The van der Waals surface area contributed by atoms with Gasteiger partial charge < -0.3 is 15.2 Å². The maximum atomic E-state index is 12.1. The van der Waals surface area contributed by atoms with Crippen LogP contribution in [0.15, 0.2) is 30.3 Å². The molecular weight excluding hydrogens is 294 g/mol. The number of aromatic nitrogens is 2. The molecule has 0 aliphatic heterocycles. The number of carbonyl (C=O) groups excluding carboxylic acids is 1. The molecule has 0 aliphatic rings. The van der Waals surface area contributed by atoms with Crippen molar-refractivity contribution in [3.63, 3.8) is 0 Å². The van der Waals surface area contributed by atoms with Crippen LogP contribution >= 0.6 is 0 Å². The van der Waals surface area contributed by atoms with E-state index in [1.807, 2.05) is 38.1 Å². The van der Waals surface area contributed by atoms with Gasteiger partial charge in [-0.05, 0) is 36.2 Å². The molecule has 0 spiro atoms. The molecule has 0 radical (unpaired) electrons. The largest absolute Gasteiger partial charge is 0.497 e. The SMILES string of the molecule is CCC(C)C(O)CNC(=O)c1cc(-c2ccc(OC)cc2)n[nH]1. The highest BCUT2D eigenvalue weighted by molar-refractivity contribution is 5.93. The molecule has 0 bridgehead atoms. The number of H-pyrrole nitrogens is 1. The maximum absolute atomic E-state index is 12.1. The lowest BCUT2D eigenvalue weighted by Gasteiger charge is -2.17. The second-order valence-electron chi connectivity index (χ2n) is 5.56. The summed E-state index contributed by atoms with van der Waals surface area (Å²) < 4.78 is 5.12. The molecular formula is C17H23N3O3. The Morgan fingerprint density at radius 1 is 1.39 bits per heavy atom. The Balaban J connectivity index is 1.99. The van der Waals surface area contributed by atoms with Gasteiger partial charge in [0.2, 0.25) is 0 Å². The van der Waals surface area contributed by atoms with Gasteiger partial charge in [-0.25, -0.2) is 0 Å². The van der Waals surface area contributed by atoms with Crippen molar-refractivity contribution in [1.82, 2.24) is 15.5 Å². The number of nitrogens with one attached hydrogen (secondary N) is 2. The normalized spacial score (nSPS) is 13.4. The monoisotopic (exact) mass is 317 g/mol. The second kappa shape index (κ2) is 7.78. The van der Waals surface area contributed by atoms with Crippen LogP contribution in [-0.4, -0.2) is 41.0 Å². The fourth-order valence-corrected chi connectivity index (χ4v) is 2.11. The third-order valence-electron chi connectivity index (χ3n) is 3.98. The lowest BCUT2D eigenvalue weighted by molar-refractivity contribution is 0.0846. The Kier molecular flexibility index (Phi) is 5.76. The summed E-state index contributed by atoms with van der Waals surface area (Å²) >= 11 is 0. The molecule has 124 valence electrons. The fraction of sp³-hybridized carbons (Fsp3) is 0.412. The molecule has 23 heavy (non-hydrogen) atoms. The molecule has 0 saturated heterocycles. The summed E-state index contributed by atoms with van der Waals surface area (Å²) in [7, 11) is 1.61. The minimum atomic E-state index is -0.548. The number of ether oxygens (including phenoxy) is 1. The molecule has 2 atom stereocenters. The second-order valence-corrected chi connectivity index (χ2v) is 5.56. The number of hydrogen-bond acceptors (Lipinski definition) is 4. The van der Waals surface area contributed by atoms with Gasteiger partial charge in [-0.3, -0.25) is 9.89 Å². The Labute approximate surface area is 135 Å². The number of benzene rings is 1. The third-order valence-corrected chi connectivity index (χ3v) is 3.98. The molecule has 1 heterocycles. The van der Waals surface area contributed by atoms with Gasteiger partial charge in [0.05, 0.1) is 18.9 Å². The number of hydrogen-bond donors (Lipinski definition) is 3. The van der Waals surface area contributed by atoms with Gasteiger partial charge in [0, 0.05) is 12.1 Å². The van der Waals surface area contributed by atoms with E-state index in [1.165, 1.54) is 0 Å². The number of aliphatic hydroxyl groups is 1. The van der Waals surface area contributed by atoms with Crippen molar-refractivity contribution in [1.29, 1.82) is 0 Å². The molecule has 3 N–H and O–H groups in total. The number of carbonyl (C=O) groups is 1. The molecule has 6 heteroatoms. The Morgan fingerprint density at radius 2 is 2.09 bits per heavy atom. The molecule has 6 nitrogen and oxygen atoms in total. The van der Waals surface area contributed by atoms with E-state index in [2.05, 4.69) is 15.5 Å². The van der Waals surface area contributed by atoms with Crippen LogP contribution in [0.1, 0.15) is 30.8 Å². The topological polar surface area (TPSA) is 87.2 Å². The summed E-state index contributed by atoms with van der Waals surface area (Å²) in [5.41, 5.74) is 1.94. The van der Waals surface area contributed by atoms with Crippen molar-refractivity contribution < 1.29 is 14.6 Å². The standard InChI is InChI=1S/C17H23N3O3/c1-4-11(2)16(21)10-18-17(22)15-9-14(19-20-15)12-5-7-13(23-3)8-6-12/h5-9,11,16,21H,4,10H2,1-3H3,(H,18,22)(H,19,20). The molecule has 2 unspecified atom stereocenters. The summed E-state index contributed by atoms with van der Waals surface area (Å²) in [5.74, 6) is 0.632. The van der Waals surface area contributed by atoms with E-state index in [4.69, 9.17) is 4.74 Å². The first-order chi connectivity index (χ1) is 11.0. The minimum absolute atomic E-state index is 0.145. The van der Waals surface area contributed by atoms with E-state index in [1.54, 1.807) is 13.2 Å². The van der Waals surface area contributed by atoms with E-state index in [0.29, 0.717) is 11.4 Å². The first-order valence-corrected chi connectivity index (χ1v) is 7.71. The molecule has 0 aliphatic carbocycles. The van der Waals surface area contributed by atoms with Crippen LogP contribution in [0.2, 0.25) is 0 Å². The van der Waals surface area contributed by atoms with Gasteiger partial charge in [-0.2, -0.15) is 5.10 Å². The predicted molar refractivity (Wildman–Crippen MR) is 88.4 cm³/mol. The first kappa shape index (κ1) is 17.0. The van der Waals surface area contributed by atoms with Crippen molar-refractivity contribution >= 4 is 5.91 Å². The van der Waals surface area contributed by atoms with Crippen molar-refractivity contribution in [3.05, 3.63) is 36.0 Å². The van der Waals surface area contributed by atoms with Crippen molar-refractivity contribution in [2.24, 2.45) is 5.92 Å². The summed E-state index contributed by atoms with van der Waals surface area (Å²) in [4.78, 5) is 12.1. The Hall–Kier alpha value is -2.34. The van der Waals surface area contributed by atoms with Crippen LogP contribution in [0.5, 0.6) is 5.75 Å². The quantitative estimate of drug-likeness (QED) is 0.731. The average molecular weight is 317 g/mol. The van der Waals surface area contributed by atoms with Crippen molar-refractivity contribution in [3.8, 4) is 17.0 Å². The van der Waals surface area contributed by atoms with Crippen LogP contribution in [0.3, 0.4) is 0 Å². The molecule has 1 aromatic heterocycles. The number of aliphatic hydroxyl groups excluding tert-OH is 1. The van der Waals surface area contributed by atoms with Crippen LogP contribution in [0.4, 0.5) is 0 Å². The highest BCUT2D eigenvalue weighted by atomic mass is 16.5. The molecule has 2 rings (SSSR count). The van der Waals surface area contributed by atoms with Crippen LogP contribution < -0.4 is 10.1 Å². The molecule has 0 fully saturated rings. The zero-order chi connectivity index (χ0) is 16.8. The van der Waals surface area contributed by atoms with Crippen LogP contribution in [0, 0.1) is 5.92 Å². The zero-order valence-electron chi connectivity index (χ0n) is 13.7. The molecule has 1 amide bonds. The number of methoxy groups -OCH3 is 1. The number of nitrogens with zero attached hydrogens (tertiary/aromatic N) is 1. The highest BCUT2D eigenvalue weighted by Gasteiger charge is 2.15. The minimum Gasteiger partial charge on any atom is -0.497 e. The van der Waals surface area contributed by atoms with E-state index in [-0.39, 0.29) is 18.4 Å². The fourth-order valence-electron chi connectivity index (χ4n) is 2.11. The molecule has 0 saturated carbocycles. The van der Waals surface area contributed by atoms with Crippen LogP contribution in [0.25, 0.3) is 11.3 Å². The van der Waals surface area contributed by atoms with Crippen molar-refractivity contribution in [2.45, 2.75) is 26.4 Å². The molecule has 2 aromatic rings. The summed E-state index contributed by atoms with van der Waals surface area (Å²) in [6, 6.07) is 9.12. The van der Waals surface area contributed by atoms with E-state index < -0.39 is 6.10 Å². The number of rotatable bonds is 7.